The first-order chi connectivity index (χ1) is 7.02. The van der Waals surface area contributed by atoms with Gasteiger partial charge in [0, 0.05) is 11.6 Å². The Labute approximate surface area is 94.7 Å². The highest BCUT2D eigenvalue weighted by Crippen LogP contribution is 2.40. The maximum Gasteiger partial charge on any atom is 0.129 e. The summed E-state index contributed by atoms with van der Waals surface area (Å²) in [6.45, 7) is 4.32. The number of nitrogens with zero attached hydrogens (tertiary/aromatic N) is 1. The third-order valence-electron chi connectivity index (χ3n) is 2.96. The van der Waals surface area contributed by atoms with Gasteiger partial charge in [-0.2, -0.15) is 0 Å². The average molecular weight is 224 g/mol. The normalized spacial score (nSPS) is 23.3. The molecule has 0 bridgehead atoms. The topological polar surface area (TPSA) is 30.0 Å². The standard InChI is InChI=1S/C12H14ClNO/c1-12(2)5-8(7-15)9-3-4-11(13)14-10(9)6-12/h3-4,7-8H,5-6H2,1-2H3. The lowest BCUT2D eigenvalue weighted by atomic mass is 9.71. The van der Waals surface area contributed by atoms with Gasteiger partial charge in [0.2, 0.25) is 0 Å². The van der Waals surface area contributed by atoms with E-state index in [-0.39, 0.29) is 11.3 Å². The Bertz CT molecular complexity index is 401. The first kappa shape index (κ1) is 10.6. The van der Waals surface area contributed by atoms with Crippen LogP contribution in [-0.2, 0) is 11.2 Å². The summed E-state index contributed by atoms with van der Waals surface area (Å²) in [6, 6.07) is 3.69. The minimum Gasteiger partial charge on any atom is -0.303 e. The van der Waals surface area contributed by atoms with E-state index in [1.165, 1.54) is 0 Å². The highest BCUT2D eigenvalue weighted by atomic mass is 35.5. The molecular formula is C12H14ClNO. The molecule has 0 N–H and O–H groups in total. The average Bonchev–Trinajstić information content (AvgIpc) is 2.14. The number of aromatic nitrogens is 1. The van der Waals surface area contributed by atoms with Gasteiger partial charge in [0.05, 0.1) is 0 Å². The van der Waals surface area contributed by atoms with Crippen LogP contribution in [0.4, 0.5) is 0 Å². The van der Waals surface area contributed by atoms with Crippen molar-refractivity contribution in [1.82, 2.24) is 4.98 Å². The molecule has 0 spiro atoms. The molecule has 1 unspecified atom stereocenters. The molecule has 0 saturated heterocycles. The molecule has 0 aromatic carbocycles. The monoisotopic (exact) mass is 223 g/mol. The number of hydrogen-bond donors (Lipinski definition) is 0. The molecule has 0 saturated carbocycles. The molecule has 1 atom stereocenters. The molecule has 0 radical (unpaired) electrons. The molecule has 80 valence electrons. The fourth-order valence-electron chi connectivity index (χ4n) is 2.32. The largest absolute Gasteiger partial charge is 0.303 e. The van der Waals surface area contributed by atoms with E-state index in [4.69, 9.17) is 11.6 Å². The number of carbonyl (C=O) groups excluding carboxylic acids is 1. The van der Waals surface area contributed by atoms with Crippen LogP contribution in [0, 0.1) is 5.41 Å². The van der Waals surface area contributed by atoms with Crippen molar-refractivity contribution in [2.24, 2.45) is 5.41 Å². The summed E-state index contributed by atoms with van der Waals surface area (Å²) < 4.78 is 0. The Morgan fingerprint density at radius 2 is 2.27 bits per heavy atom. The molecule has 2 nitrogen and oxygen atoms in total. The van der Waals surface area contributed by atoms with Crippen LogP contribution in [0.3, 0.4) is 0 Å². The highest BCUT2D eigenvalue weighted by Gasteiger charge is 2.32. The van der Waals surface area contributed by atoms with Gasteiger partial charge in [-0.05, 0) is 29.9 Å². The van der Waals surface area contributed by atoms with Gasteiger partial charge in [0.25, 0.3) is 0 Å². The first-order valence-corrected chi connectivity index (χ1v) is 5.50. The van der Waals surface area contributed by atoms with Gasteiger partial charge in [-0.1, -0.05) is 31.5 Å². The Kier molecular flexibility index (Phi) is 2.55. The molecule has 1 aliphatic carbocycles. The van der Waals surface area contributed by atoms with Crippen molar-refractivity contribution >= 4 is 17.9 Å². The number of fused-ring (bicyclic) bond motifs is 1. The van der Waals surface area contributed by atoms with Crippen molar-refractivity contribution in [3.8, 4) is 0 Å². The Morgan fingerprint density at radius 1 is 1.53 bits per heavy atom. The minimum atomic E-state index is -0.0199. The molecular weight excluding hydrogens is 210 g/mol. The maximum atomic E-state index is 11.0. The zero-order chi connectivity index (χ0) is 11.1. The first-order valence-electron chi connectivity index (χ1n) is 5.12. The van der Waals surface area contributed by atoms with Gasteiger partial charge in [-0.15, -0.1) is 0 Å². The number of aldehydes is 1. The predicted octanol–water partition coefficient (Wildman–Crippen LogP) is 2.99. The smallest absolute Gasteiger partial charge is 0.129 e. The lowest BCUT2D eigenvalue weighted by Crippen LogP contribution is -2.27. The quantitative estimate of drug-likeness (QED) is 0.541. The molecule has 1 aromatic rings. The van der Waals surface area contributed by atoms with E-state index in [0.29, 0.717) is 5.15 Å². The van der Waals surface area contributed by atoms with E-state index >= 15 is 0 Å². The second-order valence-electron chi connectivity index (χ2n) is 4.96. The minimum absolute atomic E-state index is 0.0199. The van der Waals surface area contributed by atoms with E-state index in [2.05, 4.69) is 18.8 Å². The van der Waals surface area contributed by atoms with Crippen LogP contribution in [0.15, 0.2) is 12.1 Å². The molecule has 1 aliphatic rings. The second kappa shape index (κ2) is 3.60. The third-order valence-corrected chi connectivity index (χ3v) is 3.17. The molecule has 1 heterocycles. The maximum absolute atomic E-state index is 11.0. The van der Waals surface area contributed by atoms with Crippen LogP contribution in [0.25, 0.3) is 0 Å². The number of carbonyl (C=O) groups is 1. The molecule has 15 heavy (non-hydrogen) atoms. The number of halogens is 1. The van der Waals surface area contributed by atoms with Crippen molar-refractivity contribution in [3.63, 3.8) is 0 Å². The summed E-state index contributed by atoms with van der Waals surface area (Å²) in [5.41, 5.74) is 2.17. The number of pyridine rings is 1. The third kappa shape index (κ3) is 2.05. The molecule has 0 aliphatic heterocycles. The van der Waals surface area contributed by atoms with E-state index in [9.17, 15) is 4.79 Å². The predicted molar refractivity (Wildman–Crippen MR) is 60.2 cm³/mol. The van der Waals surface area contributed by atoms with Gasteiger partial charge >= 0.3 is 0 Å². The summed E-state index contributed by atoms with van der Waals surface area (Å²) in [5, 5.41) is 0.510. The molecule has 0 fully saturated rings. The van der Waals surface area contributed by atoms with Crippen LogP contribution >= 0.6 is 11.6 Å². The molecule has 0 amide bonds. The van der Waals surface area contributed by atoms with Crippen molar-refractivity contribution in [1.29, 1.82) is 0 Å². The van der Waals surface area contributed by atoms with E-state index in [1.807, 2.05) is 6.07 Å². The van der Waals surface area contributed by atoms with Gasteiger partial charge in [-0.3, -0.25) is 0 Å². The second-order valence-corrected chi connectivity index (χ2v) is 5.34. The van der Waals surface area contributed by atoms with Crippen LogP contribution in [0.5, 0.6) is 0 Å². The van der Waals surface area contributed by atoms with Crippen LogP contribution in [0.2, 0.25) is 5.15 Å². The Balaban J connectivity index is 2.49. The zero-order valence-electron chi connectivity index (χ0n) is 8.96. The van der Waals surface area contributed by atoms with E-state index in [0.717, 1.165) is 30.4 Å². The van der Waals surface area contributed by atoms with Crippen molar-refractivity contribution < 1.29 is 4.79 Å². The van der Waals surface area contributed by atoms with Crippen LogP contribution in [-0.4, -0.2) is 11.3 Å². The summed E-state index contributed by atoms with van der Waals surface area (Å²) in [4.78, 5) is 15.3. The molecule has 3 heteroatoms. The number of hydrogen-bond acceptors (Lipinski definition) is 2. The van der Waals surface area contributed by atoms with Crippen LogP contribution in [0.1, 0.15) is 37.4 Å². The fourth-order valence-corrected chi connectivity index (χ4v) is 2.48. The summed E-state index contributed by atoms with van der Waals surface area (Å²) in [5.74, 6) is -0.0199. The Hall–Kier alpha value is -0.890. The number of rotatable bonds is 1. The van der Waals surface area contributed by atoms with Crippen molar-refractivity contribution in [2.75, 3.05) is 0 Å². The summed E-state index contributed by atoms with van der Waals surface area (Å²) >= 11 is 5.86. The van der Waals surface area contributed by atoms with E-state index < -0.39 is 0 Å². The van der Waals surface area contributed by atoms with E-state index in [1.54, 1.807) is 6.07 Å². The van der Waals surface area contributed by atoms with Gasteiger partial charge in [0.15, 0.2) is 0 Å². The van der Waals surface area contributed by atoms with Crippen molar-refractivity contribution in [2.45, 2.75) is 32.6 Å². The van der Waals surface area contributed by atoms with Crippen molar-refractivity contribution in [3.05, 3.63) is 28.5 Å². The van der Waals surface area contributed by atoms with Gasteiger partial charge in [-0.25, -0.2) is 4.98 Å². The molecule has 2 rings (SSSR count). The lowest BCUT2D eigenvalue weighted by molar-refractivity contribution is -0.109. The summed E-state index contributed by atoms with van der Waals surface area (Å²) in [6.07, 6.45) is 2.81. The lowest BCUT2D eigenvalue weighted by Gasteiger charge is -2.33. The SMILES string of the molecule is CC1(C)Cc2nc(Cl)ccc2C(C=O)C1. The summed E-state index contributed by atoms with van der Waals surface area (Å²) in [7, 11) is 0. The van der Waals surface area contributed by atoms with Gasteiger partial charge in [0.1, 0.15) is 11.4 Å². The van der Waals surface area contributed by atoms with Crippen LogP contribution < -0.4 is 0 Å². The zero-order valence-corrected chi connectivity index (χ0v) is 9.71. The van der Waals surface area contributed by atoms with Gasteiger partial charge < -0.3 is 4.79 Å². The fraction of sp³-hybridized carbons (Fsp3) is 0.500. The Morgan fingerprint density at radius 3 is 2.93 bits per heavy atom. The molecule has 1 aromatic heterocycles. The highest BCUT2D eigenvalue weighted by molar-refractivity contribution is 6.29.